The van der Waals surface area contributed by atoms with E-state index in [0.29, 0.717) is 6.07 Å². The van der Waals surface area contributed by atoms with Gasteiger partial charge in [0.25, 0.3) is 0 Å². The van der Waals surface area contributed by atoms with Gasteiger partial charge in [-0.25, -0.2) is 13.6 Å². The van der Waals surface area contributed by atoms with E-state index in [2.05, 4.69) is 20.7 Å². The van der Waals surface area contributed by atoms with E-state index in [1.165, 1.54) is 44.9 Å². The smallest absolute Gasteiger partial charge is 0.458 e. The summed E-state index contributed by atoms with van der Waals surface area (Å²) in [6.45, 7) is 5.79. The second-order valence-electron chi connectivity index (χ2n) is 16.0. The van der Waals surface area contributed by atoms with Gasteiger partial charge in [0.05, 0.1) is 12.5 Å². The summed E-state index contributed by atoms with van der Waals surface area (Å²) >= 11 is 0. The molecule has 3 aliphatic rings. The maximum atomic E-state index is 14.6. The molecule has 21 heteroatoms. The number of nitrogens with one attached hydrogen (secondary N) is 3. The lowest BCUT2D eigenvalue weighted by atomic mass is 10.0. The minimum absolute atomic E-state index is 0.0311. The second kappa shape index (κ2) is 19.5. The number of nitrogens with zero attached hydrogens (tertiary/aromatic N) is 3. The quantitative estimate of drug-likeness (QED) is 0.211. The molecule has 9 atom stereocenters. The van der Waals surface area contributed by atoms with Crippen molar-refractivity contribution in [2.24, 2.45) is 5.92 Å². The highest BCUT2D eigenvalue weighted by molar-refractivity contribution is 5.98. The standard InChI is InChI=1S/C41H49F5N6O10/c1-20-13-31-40(60)61-23(4)33(39(59)51-12-6-7-30(51)38(58)50(5)34(22(3)53)36(56)47-21(2)37(57)52(31)19-20)49-35(55)29(16-25-14-26(42)18-27(43)15-25)48-32(54)17-24-8-10-28(11-9-24)62-41(44,45)46/h8-11,14-15,18,20-23,29-31,33-34,53H,6-7,12-13,16-17,19H2,1-5H3,(H,47,56)(H,48,54)(H,49,55)/t20-,21+,22+,23+,29+,30?,31?,33+,34+/m1/s1. The van der Waals surface area contributed by atoms with E-state index >= 15 is 0 Å². The third-order valence-electron chi connectivity index (χ3n) is 11.0. The molecular weight excluding hydrogens is 831 g/mol. The van der Waals surface area contributed by atoms with Crippen molar-refractivity contribution in [1.29, 1.82) is 0 Å². The van der Waals surface area contributed by atoms with Gasteiger partial charge in [0, 0.05) is 32.6 Å². The van der Waals surface area contributed by atoms with E-state index < -0.39 is 126 Å². The molecule has 6 amide bonds. The number of carbonyl (C=O) groups is 7. The molecule has 0 bridgehead atoms. The number of aliphatic hydroxyl groups excluding tert-OH is 1. The van der Waals surface area contributed by atoms with E-state index in [4.69, 9.17) is 4.74 Å². The van der Waals surface area contributed by atoms with Gasteiger partial charge in [-0.05, 0) is 81.3 Å². The summed E-state index contributed by atoms with van der Waals surface area (Å²) in [5.74, 6) is -8.91. The van der Waals surface area contributed by atoms with Crippen LogP contribution in [0.5, 0.6) is 5.75 Å². The number of alkyl halides is 3. The number of likely N-dealkylation sites (N-methyl/N-ethyl adjacent to an activating group) is 1. The molecule has 4 N–H and O–H groups in total. The molecule has 338 valence electrons. The topological polar surface area (TPSA) is 204 Å². The average Bonchev–Trinajstić information content (AvgIpc) is 3.82. The first-order valence-corrected chi connectivity index (χ1v) is 20.0. The molecule has 2 aromatic rings. The summed E-state index contributed by atoms with van der Waals surface area (Å²) < 4.78 is 76.4. The molecule has 3 heterocycles. The lowest BCUT2D eigenvalue weighted by Crippen LogP contribution is -2.63. The predicted octanol–water partition coefficient (Wildman–Crippen LogP) is 1.50. The summed E-state index contributed by atoms with van der Waals surface area (Å²) in [6.07, 6.45) is -8.44. The largest absolute Gasteiger partial charge is 0.573 e. The highest BCUT2D eigenvalue weighted by Gasteiger charge is 2.47. The van der Waals surface area contributed by atoms with E-state index in [0.717, 1.165) is 34.1 Å². The minimum Gasteiger partial charge on any atom is -0.458 e. The van der Waals surface area contributed by atoms with Crippen molar-refractivity contribution in [2.45, 2.75) is 115 Å². The van der Waals surface area contributed by atoms with Crippen molar-refractivity contribution in [3.05, 3.63) is 65.2 Å². The minimum atomic E-state index is -4.97. The summed E-state index contributed by atoms with van der Waals surface area (Å²) in [5.41, 5.74) is 0.0917. The Labute approximate surface area is 353 Å². The van der Waals surface area contributed by atoms with Crippen LogP contribution in [-0.2, 0) is 51.1 Å². The fourth-order valence-corrected chi connectivity index (χ4v) is 8.06. The molecule has 0 spiro atoms. The van der Waals surface area contributed by atoms with Gasteiger partial charge < -0.3 is 45.2 Å². The fourth-order valence-electron chi connectivity index (χ4n) is 8.06. The average molecular weight is 881 g/mol. The van der Waals surface area contributed by atoms with Crippen LogP contribution in [0.1, 0.15) is 58.1 Å². The Kier molecular flexibility index (Phi) is 14.8. The number of cyclic esters (lactones) is 1. The van der Waals surface area contributed by atoms with Gasteiger partial charge in [-0.15, -0.1) is 13.2 Å². The highest BCUT2D eigenvalue weighted by Crippen LogP contribution is 2.28. The molecule has 0 saturated carbocycles. The molecule has 0 aliphatic carbocycles. The number of hydrogen-bond acceptors (Lipinski definition) is 10. The molecule has 5 rings (SSSR count). The van der Waals surface area contributed by atoms with Crippen LogP contribution in [0.3, 0.4) is 0 Å². The third-order valence-corrected chi connectivity index (χ3v) is 11.0. The zero-order valence-corrected chi connectivity index (χ0v) is 34.5. The Morgan fingerprint density at radius 3 is 2.19 bits per heavy atom. The maximum Gasteiger partial charge on any atom is 0.573 e. The van der Waals surface area contributed by atoms with Crippen LogP contribution in [0.4, 0.5) is 22.0 Å². The van der Waals surface area contributed by atoms with Crippen molar-refractivity contribution >= 4 is 41.4 Å². The van der Waals surface area contributed by atoms with Gasteiger partial charge in [0.2, 0.25) is 35.4 Å². The van der Waals surface area contributed by atoms with Gasteiger partial charge >= 0.3 is 12.3 Å². The van der Waals surface area contributed by atoms with Gasteiger partial charge in [-0.3, -0.25) is 28.8 Å². The first-order chi connectivity index (χ1) is 29.0. The van der Waals surface area contributed by atoms with Gasteiger partial charge in [0.1, 0.15) is 59.7 Å². The zero-order chi connectivity index (χ0) is 45.8. The summed E-state index contributed by atoms with van der Waals surface area (Å²) in [6, 6.07) is -1.92. The summed E-state index contributed by atoms with van der Waals surface area (Å²) in [4.78, 5) is 101. The van der Waals surface area contributed by atoms with Gasteiger partial charge in [-0.2, -0.15) is 0 Å². The molecule has 3 fully saturated rings. The predicted molar refractivity (Wildman–Crippen MR) is 206 cm³/mol. The number of esters is 1. The molecule has 2 unspecified atom stereocenters. The molecule has 62 heavy (non-hydrogen) atoms. The molecular formula is C41H49F5N6O10. The SMILES string of the molecule is C[C@@H]1CC2C(=O)O[C@@H](C)[C@H](NC(=O)[C@H](Cc3cc(F)cc(F)c3)NC(=O)Cc3ccc(OC(F)(F)F)cc3)C(=O)N3CCCC3C(=O)N(C)[C@@H]([C@H](C)O)C(=O)N[C@@H](C)C(=O)N2C1. The Balaban J connectivity index is 1.49. The van der Waals surface area contributed by atoms with Gasteiger partial charge in [0.15, 0.2) is 0 Å². The molecule has 16 nitrogen and oxygen atoms in total. The van der Waals surface area contributed by atoms with Crippen LogP contribution >= 0.6 is 0 Å². The van der Waals surface area contributed by atoms with Crippen LogP contribution in [0.2, 0.25) is 0 Å². The Morgan fingerprint density at radius 1 is 0.935 bits per heavy atom. The number of ether oxygens (including phenoxy) is 2. The first kappa shape index (κ1) is 47.2. The number of fused-ring (bicyclic) bond motifs is 2. The van der Waals surface area contributed by atoms with Crippen molar-refractivity contribution in [1.82, 2.24) is 30.7 Å². The zero-order valence-electron chi connectivity index (χ0n) is 34.5. The van der Waals surface area contributed by atoms with Crippen molar-refractivity contribution in [3.63, 3.8) is 0 Å². The molecule has 0 radical (unpaired) electrons. The molecule has 2 aromatic carbocycles. The number of halogens is 5. The Morgan fingerprint density at radius 2 is 1.58 bits per heavy atom. The van der Waals surface area contributed by atoms with E-state index in [1.807, 2.05) is 0 Å². The van der Waals surface area contributed by atoms with Crippen LogP contribution in [-0.4, -0.2) is 136 Å². The number of amides is 6. The second-order valence-corrected chi connectivity index (χ2v) is 16.0. The van der Waals surface area contributed by atoms with Crippen molar-refractivity contribution in [3.8, 4) is 5.75 Å². The summed E-state index contributed by atoms with van der Waals surface area (Å²) in [7, 11) is 1.25. The van der Waals surface area contributed by atoms with Crippen LogP contribution < -0.4 is 20.7 Å². The molecule has 3 aliphatic heterocycles. The number of carbonyl (C=O) groups excluding carboxylic acids is 7. The van der Waals surface area contributed by atoms with Crippen LogP contribution in [0.15, 0.2) is 42.5 Å². The number of benzene rings is 2. The third kappa shape index (κ3) is 11.5. The van der Waals surface area contributed by atoms with Crippen LogP contribution in [0, 0.1) is 17.6 Å². The van der Waals surface area contributed by atoms with E-state index in [1.54, 1.807) is 6.92 Å². The monoisotopic (exact) mass is 880 g/mol. The lowest BCUT2D eigenvalue weighted by molar-refractivity contribution is -0.274. The number of rotatable bonds is 9. The maximum absolute atomic E-state index is 14.6. The first-order valence-electron chi connectivity index (χ1n) is 20.0. The Hall–Kier alpha value is -5.86. The fraction of sp³-hybridized carbons (Fsp3) is 0.537. The van der Waals surface area contributed by atoms with Gasteiger partial charge in [-0.1, -0.05) is 19.1 Å². The highest BCUT2D eigenvalue weighted by atomic mass is 19.4. The van der Waals surface area contributed by atoms with Crippen molar-refractivity contribution in [2.75, 3.05) is 20.1 Å². The van der Waals surface area contributed by atoms with Crippen LogP contribution in [0.25, 0.3) is 0 Å². The summed E-state index contributed by atoms with van der Waals surface area (Å²) in [5, 5.41) is 18.2. The molecule has 3 saturated heterocycles. The van der Waals surface area contributed by atoms with E-state index in [9.17, 15) is 60.6 Å². The Bertz CT molecular complexity index is 2020. The normalized spacial score (nSPS) is 26.3. The van der Waals surface area contributed by atoms with Crippen molar-refractivity contribution < 1.29 is 70.1 Å². The number of hydrogen-bond donors (Lipinski definition) is 4. The lowest BCUT2D eigenvalue weighted by Gasteiger charge is -2.37. The molecule has 0 aromatic heterocycles. The number of aliphatic hydroxyl groups is 1. The van der Waals surface area contributed by atoms with E-state index in [-0.39, 0.29) is 49.4 Å².